The van der Waals surface area contributed by atoms with Gasteiger partial charge in [0.05, 0.1) is 23.3 Å². The van der Waals surface area contributed by atoms with Crippen LogP contribution < -0.4 is 5.32 Å². The number of aryl methyl sites for hydroxylation is 3. The molecule has 5 rings (SSSR count). The van der Waals surface area contributed by atoms with Crippen LogP contribution in [0.15, 0.2) is 24.4 Å². The van der Waals surface area contributed by atoms with E-state index in [1.165, 1.54) is 0 Å². The minimum absolute atomic E-state index is 0.0467. The normalized spacial score (nSPS) is 17.1. The Kier molecular flexibility index (Phi) is 4.92. The second-order valence-corrected chi connectivity index (χ2v) is 8.47. The molecule has 1 N–H and O–H groups in total. The molecule has 0 radical (unpaired) electrons. The van der Waals surface area contributed by atoms with Gasteiger partial charge in [0.15, 0.2) is 0 Å². The summed E-state index contributed by atoms with van der Waals surface area (Å²) in [5, 5.41) is 7.67. The quantitative estimate of drug-likeness (QED) is 0.703. The molecule has 1 fully saturated rings. The van der Waals surface area contributed by atoms with Gasteiger partial charge >= 0.3 is 0 Å². The van der Waals surface area contributed by atoms with Crippen LogP contribution in [0, 0.1) is 6.92 Å². The molecular weight excluding hydrogens is 392 g/mol. The molecule has 0 unspecified atom stereocenters. The lowest BCUT2D eigenvalue weighted by Gasteiger charge is -2.23. The Morgan fingerprint density at radius 2 is 1.90 bits per heavy atom. The lowest BCUT2D eigenvalue weighted by Crippen LogP contribution is -2.42. The molecule has 31 heavy (non-hydrogen) atoms. The number of nitrogens with zero attached hydrogens (tertiary/aromatic N) is 5. The molecule has 1 aromatic carbocycles. The Morgan fingerprint density at radius 3 is 2.65 bits per heavy atom. The van der Waals surface area contributed by atoms with Crippen molar-refractivity contribution in [1.29, 1.82) is 0 Å². The first kappa shape index (κ1) is 19.7. The van der Waals surface area contributed by atoms with Crippen molar-refractivity contribution < 1.29 is 9.59 Å². The van der Waals surface area contributed by atoms with Gasteiger partial charge in [-0.3, -0.25) is 9.59 Å². The summed E-state index contributed by atoms with van der Waals surface area (Å²) in [7, 11) is 0. The van der Waals surface area contributed by atoms with E-state index in [4.69, 9.17) is 10.1 Å². The van der Waals surface area contributed by atoms with Crippen molar-refractivity contribution in [2.45, 2.75) is 58.4 Å². The fraction of sp³-hybridized carbons (Fsp3) is 0.435. The van der Waals surface area contributed by atoms with Gasteiger partial charge in [-0.2, -0.15) is 5.10 Å². The van der Waals surface area contributed by atoms with E-state index in [0.717, 1.165) is 66.0 Å². The first-order valence-corrected chi connectivity index (χ1v) is 11.0. The third kappa shape index (κ3) is 3.66. The number of amides is 2. The third-order valence-electron chi connectivity index (χ3n) is 6.28. The average Bonchev–Trinajstić information content (AvgIpc) is 3.38. The molecule has 2 aromatic heterocycles. The van der Waals surface area contributed by atoms with E-state index in [2.05, 4.69) is 10.3 Å². The highest BCUT2D eigenvalue weighted by Gasteiger charge is 2.29. The third-order valence-corrected chi connectivity index (χ3v) is 6.28. The van der Waals surface area contributed by atoms with Gasteiger partial charge in [-0.25, -0.2) is 14.5 Å². The lowest BCUT2D eigenvalue weighted by molar-refractivity contribution is -0.134. The predicted octanol–water partition coefficient (Wildman–Crippen LogP) is 2.93. The summed E-state index contributed by atoms with van der Waals surface area (Å²) < 4.78 is 1.76. The Labute approximate surface area is 180 Å². The number of carbonyl (C=O) groups excluding carboxylic acids is 2. The van der Waals surface area contributed by atoms with Gasteiger partial charge in [-0.05, 0) is 63.6 Å². The first-order valence-electron chi connectivity index (χ1n) is 11.0. The molecule has 160 valence electrons. The number of hydrogen-bond donors (Lipinski definition) is 1. The van der Waals surface area contributed by atoms with Crippen LogP contribution in [-0.4, -0.2) is 48.9 Å². The summed E-state index contributed by atoms with van der Waals surface area (Å²) in [6.07, 6.45) is 7.50. The molecule has 1 atom stereocenters. The number of hydrogen-bond acceptors (Lipinski definition) is 5. The summed E-state index contributed by atoms with van der Waals surface area (Å²) in [5.41, 5.74) is 5.56. The van der Waals surface area contributed by atoms with Gasteiger partial charge in [0.2, 0.25) is 11.8 Å². The van der Waals surface area contributed by atoms with Gasteiger partial charge in [0.1, 0.15) is 6.04 Å². The molecule has 3 heterocycles. The number of imidazole rings is 1. The van der Waals surface area contributed by atoms with E-state index in [1.54, 1.807) is 16.3 Å². The molecule has 1 saturated heterocycles. The average molecular weight is 419 g/mol. The molecule has 0 bridgehead atoms. The molecule has 2 amide bonds. The zero-order valence-corrected chi connectivity index (χ0v) is 17.9. The van der Waals surface area contributed by atoms with E-state index in [-0.39, 0.29) is 11.8 Å². The number of aromatic nitrogens is 4. The van der Waals surface area contributed by atoms with E-state index in [0.29, 0.717) is 18.7 Å². The number of anilines is 1. The topological polar surface area (TPSA) is 92.5 Å². The maximum Gasteiger partial charge on any atom is 0.251 e. The monoisotopic (exact) mass is 418 g/mol. The van der Waals surface area contributed by atoms with Crippen molar-refractivity contribution in [3.8, 4) is 11.3 Å². The summed E-state index contributed by atoms with van der Waals surface area (Å²) in [5.74, 6) is 0.498. The molecule has 3 aromatic rings. The van der Waals surface area contributed by atoms with E-state index in [9.17, 15) is 9.59 Å². The summed E-state index contributed by atoms with van der Waals surface area (Å²) in [6.45, 7) is 4.37. The van der Waals surface area contributed by atoms with Crippen LogP contribution in [0.4, 0.5) is 5.69 Å². The van der Waals surface area contributed by atoms with Gasteiger partial charge in [0, 0.05) is 24.2 Å². The Bertz CT molecular complexity index is 1140. The summed E-state index contributed by atoms with van der Waals surface area (Å²) in [4.78, 5) is 35.6. The highest BCUT2D eigenvalue weighted by atomic mass is 16.2. The molecular formula is C23H26N6O2. The van der Waals surface area contributed by atoms with Gasteiger partial charge in [-0.15, -0.1) is 0 Å². The molecule has 0 saturated carbocycles. The molecule has 2 aliphatic rings. The second kappa shape index (κ2) is 7.76. The van der Waals surface area contributed by atoms with E-state index < -0.39 is 6.04 Å². The SMILES string of the molecule is Cc1cc(-c2cn3nc4c(nc3n2)CCCC4)ccc1NC(=O)[C@@H](C)N1CCCC1=O. The van der Waals surface area contributed by atoms with Gasteiger partial charge in [-0.1, -0.05) is 6.07 Å². The van der Waals surface area contributed by atoms with Crippen molar-refractivity contribution in [3.63, 3.8) is 0 Å². The van der Waals surface area contributed by atoms with Gasteiger partial charge in [0.25, 0.3) is 5.78 Å². The van der Waals surface area contributed by atoms with Crippen molar-refractivity contribution in [3.05, 3.63) is 41.3 Å². The van der Waals surface area contributed by atoms with E-state index >= 15 is 0 Å². The van der Waals surface area contributed by atoms with Crippen LogP contribution in [0.5, 0.6) is 0 Å². The number of fused-ring (bicyclic) bond motifs is 2. The molecule has 8 nitrogen and oxygen atoms in total. The zero-order valence-electron chi connectivity index (χ0n) is 17.9. The van der Waals surface area contributed by atoms with Crippen molar-refractivity contribution in [2.24, 2.45) is 0 Å². The van der Waals surface area contributed by atoms with Crippen LogP contribution in [0.2, 0.25) is 0 Å². The maximum absolute atomic E-state index is 12.7. The van der Waals surface area contributed by atoms with Crippen LogP contribution in [0.25, 0.3) is 17.0 Å². The lowest BCUT2D eigenvalue weighted by atomic mass is 10.0. The van der Waals surface area contributed by atoms with Crippen LogP contribution in [0.3, 0.4) is 0 Å². The molecule has 1 aliphatic heterocycles. The van der Waals surface area contributed by atoms with Crippen LogP contribution >= 0.6 is 0 Å². The Morgan fingerprint density at radius 1 is 1.10 bits per heavy atom. The number of benzene rings is 1. The maximum atomic E-state index is 12.7. The predicted molar refractivity (Wildman–Crippen MR) is 117 cm³/mol. The first-order chi connectivity index (χ1) is 15.0. The van der Waals surface area contributed by atoms with Crippen LogP contribution in [-0.2, 0) is 22.4 Å². The Balaban J connectivity index is 1.36. The number of rotatable bonds is 4. The van der Waals surface area contributed by atoms with Crippen molar-refractivity contribution >= 4 is 23.3 Å². The van der Waals surface area contributed by atoms with Gasteiger partial charge < -0.3 is 10.2 Å². The largest absolute Gasteiger partial charge is 0.331 e. The molecule has 0 spiro atoms. The summed E-state index contributed by atoms with van der Waals surface area (Å²) >= 11 is 0. The zero-order chi connectivity index (χ0) is 21.5. The van der Waals surface area contributed by atoms with Crippen molar-refractivity contribution in [2.75, 3.05) is 11.9 Å². The second-order valence-electron chi connectivity index (χ2n) is 8.47. The summed E-state index contributed by atoms with van der Waals surface area (Å²) in [6, 6.07) is 5.35. The van der Waals surface area contributed by atoms with E-state index in [1.807, 2.05) is 31.3 Å². The number of carbonyl (C=O) groups is 2. The molecule has 8 heteroatoms. The minimum Gasteiger partial charge on any atom is -0.331 e. The smallest absolute Gasteiger partial charge is 0.251 e. The fourth-order valence-electron chi connectivity index (χ4n) is 4.42. The highest BCUT2D eigenvalue weighted by Crippen LogP contribution is 2.26. The highest BCUT2D eigenvalue weighted by molar-refractivity contribution is 5.98. The number of likely N-dealkylation sites (tertiary alicyclic amines) is 1. The van der Waals surface area contributed by atoms with Crippen molar-refractivity contribution in [1.82, 2.24) is 24.5 Å². The fourth-order valence-corrected chi connectivity index (χ4v) is 4.42. The Hall–Kier alpha value is -3.29. The minimum atomic E-state index is -0.476. The molecule has 1 aliphatic carbocycles. The van der Waals surface area contributed by atoms with Crippen LogP contribution in [0.1, 0.15) is 49.6 Å². The number of nitrogens with one attached hydrogen (secondary N) is 1. The standard InChI is InChI=1S/C23H26N6O2/c1-14-12-16(9-10-17(14)24-22(31)15(2)28-11-5-8-21(28)30)20-13-29-23(26-20)25-18-6-3-4-7-19(18)27-29/h9-10,12-13,15H,3-8,11H2,1-2H3,(H,24,31)/t15-/m1/s1.